The molecule has 1 aliphatic rings. The van der Waals surface area contributed by atoms with Gasteiger partial charge in [0.15, 0.2) is 0 Å². The number of rotatable bonds is 8. The first-order valence-electron chi connectivity index (χ1n) is 7.40. The van der Waals surface area contributed by atoms with Crippen molar-refractivity contribution in [1.29, 1.82) is 0 Å². The highest BCUT2D eigenvalue weighted by atomic mass is 79.9. The SMILES string of the molecule is CC(C)CCNS(=O)(=O)c1ccc(CNC2CC2)cc1Br. The minimum absolute atomic E-state index is 0.307. The maximum atomic E-state index is 12.3. The summed E-state index contributed by atoms with van der Waals surface area (Å²) in [6.07, 6.45) is 3.32. The molecule has 1 saturated carbocycles. The molecule has 21 heavy (non-hydrogen) atoms. The fourth-order valence-electron chi connectivity index (χ4n) is 1.98. The number of nitrogens with one attached hydrogen (secondary N) is 2. The van der Waals surface area contributed by atoms with Crippen LogP contribution in [0.2, 0.25) is 0 Å². The normalized spacial score (nSPS) is 15.6. The van der Waals surface area contributed by atoms with E-state index < -0.39 is 10.0 Å². The Balaban J connectivity index is 2.00. The van der Waals surface area contributed by atoms with E-state index in [2.05, 4.69) is 39.8 Å². The van der Waals surface area contributed by atoms with Gasteiger partial charge in [-0.2, -0.15) is 0 Å². The fraction of sp³-hybridized carbons (Fsp3) is 0.600. The minimum atomic E-state index is -3.44. The maximum absolute atomic E-state index is 12.3. The Morgan fingerprint density at radius 3 is 2.62 bits per heavy atom. The van der Waals surface area contributed by atoms with E-state index in [-0.39, 0.29) is 0 Å². The highest BCUT2D eigenvalue weighted by Gasteiger charge is 2.21. The van der Waals surface area contributed by atoms with Crippen molar-refractivity contribution >= 4 is 26.0 Å². The molecule has 0 bridgehead atoms. The molecule has 1 aromatic rings. The second-order valence-electron chi connectivity index (χ2n) is 6.00. The number of hydrogen-bond donors (Lipinski definition) is 2. The second-order valence-corrected chi connectivity index (χ2v) is 8.59. The van der Waals surface area contributed by atoms with E-state index in [1.165, 1.54) is 12.8 Å². The Labute approximate surface area is 135 Å². The fourth-order valence-corrected chi connectivity index (χ4v) is 4.15. The highest BCUT2D eigenvalue weighted by Crippen LogP contribution is 2.24. The van der Waals surface area contributed by atoms with Gasteiger partial charge in [-0.15, -0.1) is 0 Å². The molecule has 0 spiro atoms. The topological polar surface area (TPSA) is 58.2 Å². The van der Waals surface area contributed by atoms with Gasteiger partial charge in [0.25, 0.3) is 0 Å². The molecule has 0 atom stereocenters. The molecule has 1 aliphatic carbocycles. The molecular formula is C15H23BrN2O2S. The van der Waals surface area contributed by atoms with Crippen molar-refractivity contribution in [3.05, 3.63) is 28.2 Å². The van der Waals surface area contributed by atoms with Crippen LogP contribution in [0, 0.1) is 5.92 Å². The van der Waals surface area contributed by atoms with Gasteiger partial charge < -0.3 is 5.32 Å². The van der Waals surface area contributed by atoms with Crippen LogP contribution in [-0.2, 0) is 16.6 Å². The van der Waals surface area contributed by atoms with Gasteiger partial charge >= 0.3 is 0 Å². The molecule has 0 heterocycles. The molecule has 1 aromatic carbocycles. The van der Waals surface area contributed by atoms with Gasteiger partial charge in [0.05, 0.1) is 4.90 Å². The summed E-state index contributed by atoms with van der Waals surface area (Å²) in [6.45, 7) is 5.40. The molecule has 0 radical (unpaired) electrons. The molecule has 118 valence electrons. The predicted molar refractivity (Wildman–Crippen MR) is 88.6 cm³/mol. The Hall–Kier alpha value is -0.430. The number of benzene rings is 1. The zero-order chi connectivity index (χ0) is 15.5. The van der Waals surface area contributed by atoms with Crippen molar-refractivity contribution < 1.29 is 8.42 Å². The van der Waals surface area contributed by atoms with E-state index >= 15 is 0 Å². The van der Waals surface area contributed by atoms with E-state index in [9.17, 15) is 8.42 Å². The van der Waals surface area contributed by atoms with E-state index in [4.69, 9.17) is 0 Å². The molecule has 1 fully saturated rings. The summed E-state index contributed by atoms with van der Waals surface area (Å²) in [5, 5.41) is 3.42. The molecular weight excluding hydrogens is 352 g/mol. The Morgan fingerprint density at radius 1 is 1.33 bits per heavy atom. The summed E-state index contributed by atoms with van der Waals surface area (Å²) >= 11 is 3.38. The lowest BCUT2D eigenvalue weighted by molar-refractivity contribution is 0.551. The average Bonchev–Trinajstić information content (AvgIpc) is 3.19. The summed E-state index contributed by atoms with van der Waals surface area (Å²) < 4.78 is 27.8. The van der Waals surface area contributed by atoms with Crippen LogP contribution in [0.3, 0.4) is 0 Å². The third-order valence-electron chi connectivity index (χ3n) is 3.47. The summed E-state index contributed by atoms with van der Waals surface area (Å²) in [7, 11) is -3.44. The molecule has 0 aromatic heterocycles. The Kier molecular flexibility index (Phi) is 5.82. The van der Waals surface area contributed by atoms with E-state index in [1.807, 2.05) is 12.1 Å². The number of hydrogen-bond acceptors (Lipinski definition) is 3. The van der Waals surface area contributed by atoms with Crippen molar-refractivity contribution in [2.24, 2.45) is 5.92 Å². The van der Waals surface area contributed by atoms with E-state index in [0.717, 1.165) is 18.5 Å². The standard InChI is InChI=1S/C15H23BrN2O2S/c1-11(2)7-8-18-21(19,20)15-6-3-12(9-14(15)16)10-17-13-4-5-13/h3,6,9,11,13,17-18H,4-5,7-8,10H2,1-2H3. The van der Waals surface area contributed by atoms with Crippen molar-refractivity contribution in [2.75, 3.05) is 6.54 Å². The Bertz CT molecular complexity index is 583. The lowest BCUT2D eigenvalue weighted by Gasteiger charge is -2.11. The largest absolute Gasteiger partial charge is 0.310 e. The smallest absolute Gasteiger partial charge is 0.241 e. The lowest BCUT2D eigenvalue weighted by Crippen LogP contribution is -2.26. The van der Waals surface area contributed by atoms with Gasteiger partial charge in [-0.25, -0.2) is 13.1 Å². The van der Waals surface area contributed by atoms with Gasteiger partial charge in [-0.05, 0) is 58.8 Å². The van der Waals surface area contributed by atoms with Crippen molar-refractivity contribution in [2.45, 2.75) is 50.6 Å². The highest BCUT2D eigenvalue weighted by molar-refractivity contribution is 9.10. The van der Waals surface area contributed by atoms with Gasteiger partial charge in [0.1, 0.15) is 0 Å². The zero-order valence-electron chi connectivity index (χ0n) is 12.5. The third-order valence-corrected chi connectivity index (χ3v) is 5.91. The van der Waals surface area contributed by atoms with Crippen LogP contribution >= 0.6 is 15.9 Å². The lowest BCUT2D eigenvalue weighted by atomic mass is 10.1. The molecule has 0 aliphatic heterocycles. The van der Waals surface area contributed by atoms with Crippen LogP contribution in [0.5, 0.6) is 0 Å². The first-order chi connectivity index (χ1) is 9.88. The van der Waals surface area contributed by atoms with Crippen molar-refractivity contribution in [3.63, 3.8) is 0 Å². The van der Waals surface area contributed by atoms with Gasteiger partial charge in [-0.3, -0.25) is 0 Å². The summed E-state index contributed by atoms with van der Waals surface area (Å²) in [5.41, 5.74) is 1.09. The van der Waals surface area contributed by atoms with Crippen LogP contribution in [0.1, 0.15) is 38.7 Å². The van der Waals surface area contributed by atoms with Crippen LogP contribution in [0.25, 0.3) is 0 Å². The molecule has 6 heteroatoms. The summed E-state index contributed by atoms with van der Waals surface area (Å²) in [4.78, 5) is 0.307. The molecule has 0 saturated heterocycles. The number of halogens is 1. The van der Waals surface area contributed by atoms with Crippen molar-refractivity contribution in [3.8, 4) is 0 Å². The molecule has 0 unspecified atom stereocenters. The predicted octanol–water partition coefficient (Wildman–Crippen LogP) is 3.03. The third kappa shape index (κ3) is 5.36. The monoisotopic (exact) mass is 374 g/mol. The summed E-state index contributed by atoms with van der Waals surface area (Å²) in [5.74, 6) is 0.479. The molecule has 2 rings (SSSR count). The minimum Gasteiger partial charge on any atom is -0.310 e. The van der Waals surface area contributed by atoms with Gasteiger partial charge in [-0.1, -0.05) is 19.9 Å². The summed E-state index contributed by atoms with van der Waals surface area (Å²) in [6, 6.07) is 6.07. The molecule has 0 amide bonds. The van der Waals surface area contributed by atoms with E-state index in [0.29, 0.717) is 27.9 Å². The number of sulfonamides is 1. The average molecular weight is 375 g/mol. The van der Waals surface area contributed by atoms with E-state index in [1.54, 1.807) is 6.07 Å². The van der Waals surface area contributed by atoms with Crippen LogP contribution in [0.4, 0.5) is 0 Å². The quantitative estimate of drug-likeness (QED) is 0.734. The maximum Gasteiger partial charge on any atom is 0.241 e. The van der Waals surface area contributed by atoms with Crippen LogP contribution in [-0.4, -0.2) is 21.0 Å². The van der Waals surface area contributed by atoms with Crippen LogP contribution in [0.15, 0.2) is 27.6 Å². The zero-order valence-corrected chi connectivity index (χ0v) is 14.9. The van der Waals surface area contributed by atoms with Crippen LogP contribution < -0.4 is 10.0 Å². The first-order valence-corrected chi connectivity index (χ1v) is 9.67. The second kappa shape index (κ2) is 7.22. The van der Waals surface area contributed by atoms with Gasteiger partial charge in [0, 0.05) is 23.6 Å². The molecule has 4 nitrogen and oxygen atoms in total. The van der Waals surface area contributed by atoms with Gasteiger partial charge in [0.2, 0.25) is 10.0 Å². The Morgan fingerprint density at radius 2 is 2.05 bits per heavy atom. The van der Waals surface area contributed by atoms with Crippen molar-refractivity contribution in [1.82, 2.24) is 10.0 Å². The molecule has 2 N–H and O–H groups in total. The first kappa shape index (κ1) is 16.9.